The van der Waals surface area contributed by atoms with Gasteiger partial charge in [-0.15, -0.1) is 0 Å². The molecule has 2 radical (unpaired) electrons. The van der Waals surface area contributed by atoms with Gasteiger partial charge in [0, 0.05) is 0 Å². The van der Waals surface area contributed by atoms with E-state index >= 15 is 0 Å². The van der Waals surface area contributed by atoms with Crippen LogP contribution in [-0.2, 0) is 136 Å². The molecule has 0 spiro atoms. The molecular weight excluding hydrogens is 973 g/mol. The van der Waals surface area contributed by atoms with E-state index in [4.69, 9.17) is 0 Å². The van der Waals surface area contributed by atoms with Crippen LogP contribution in [0.4, 0.5) is 0 Å². The summed E-state index contributed by atoms with van der Waals surface area (Å²) in [6.45, 7) is 0. The van der Waals surface area contributed by atoms with Gasteiger partial charge in [0.1, 0.15) is 0 Å². The molecule has 0 fully saturated rings. The summed E-state index contributed by atoms with van der Waals surface area (Å²) >= 11 is -36.4. The average molecular weight is 973 g/mol. The first-order valence-corrected chi connectivity index (χ1v) is 16.5. The topological polar surface area (TPSA) is 371 Å². The van der Waals surface area contributed by atoms with E-state index in [1.165, 1.54) is 0 Å². The van der Waals surface area contributed by atoms with Gasteiger partial charge >= 0.3 is 237 Å². The molecule has 0 aliphatic rings. The maximum absolute atomic E-state index is 9.38. The molecule has 0 aliphatic heterocycles. The molecule has 182 valence electrons. The Morgan fingerprint density at radius 1 is 0.310 bits per heavy atom. The van der Waals surface area contributed by atoms with Gasteiger partial charge in [0.05, 0.1) is 0 Å². The average Bonchev–Trinajstić information content (AvgIpc) is 1.96. The first kappa shape index (κ1) is 42.2. The van der Waals surface area contributed by atoms with Crippen molar-refractivity contribution in [1.82, 2.24) is 0 Å². The first-order valence-electron chi connectivity index (χ1n) is 4.00. The van der Waals surface area contributed by atoms with E-state index in [0.29, 0.717) is 0 Å². The molecule has 0 heterocycles. The number of hydrogen-bond donors (Lipinski definition) is 0. The Labute approximate surface area is 232 Å². The van der Waals surface area contributed by atoms with Crippen LogP contribution in [0.25, 0.3) is 0 Å². The van der Waals surface area contributed by atoms with Crippen molar-refractivity contribution in [2.45, 2.75) is 0 Å². The van der Waals surface area contributed by atoms with Crippen LogP contribution >= 0.6 is 0 Å². The van der Waals surface area contributed by atoms with Crippen molar-refractivity contribution in [2.75, 3.05) is 0 Å². The summed E-state index contributed by atoms with van der Waals surface area (Å²) in [7, 11) is 0. The van der Waals surface area contributed by atoms with Crippen LogP contribution in [0.3, 0.4) is 0 Å². The molecule has 0 atom stereocenters. The summed E-state index contributed by atoms with van der Waals surface area (Å²) in [5.41, 5.74) is 0. The molecule has 0 aromatic rings. The van der Waals surface area contributed by atoms with Gasteiger partial charge in [-0.05, 0) is 0 Å². The molecule has 0 rings (SSSR count). The molecule has 0 N–H and O–H groups in total. The van der Waals surface area contributed by atoms with Gasteiger partial charge in [0.2, 0.25) is 0 Å². The summed E-state index contributed by atoms with van der Waals surface area (Å²) in [4.78, 5) is 0. The van der Waals surface area contributed by atoms with E-state index in [9.17, 15) is 70.6 Å². The van der Waals surface area contributed by atoms with Crippen molar-refractivity contribution in [3.8, 4) is 0 Å². The van der Waals surface area contributed by atoms with Crippen LogP contribution in [0.15, 0.2) is 0 Å². The molecule has 0 saturated carbocycles. The van der Waals surface area contributed by atoms with Crippen LogP contribution in [0.1, 0.15) is 0 Å². The summed E-state index contributed by atoms with van der Waals surface area (Å²) in [5.74, 6) is 0. The van der Waals surface area contributed by atoms with Crippen LogP contribution in [0.5, 0.6) is 0 Å². The van der Waals surface area contributed by atoms with E-state index < -0.39 is 81.7 Å². The fourth-order valence-electron chi connectivity index (χ4n) is 0.306. The Morgan fingerprint density at radius 2 is 0.379 bits per heavy atom. The first-order chi connectivity index (χ1) is 11.1. The quantitative estimate of drug-likeness (QED) is 0.238. The standard InChI is InChI=1S/6Cr.2Dy.21O/q;;;;;;2*+3;;;;;;;;;;;;;;;;6*-1. The van der Waals surface area contributed by atoms with E-state index in [1.54, 1.807) is 0 Å². The second-order valence-electron chi connectivity index (χ2n) is 2.65. The molecule has 0 aliphatic carbocycles. The predicted molar refractivity (Wildman–Crippen MR) is 11.5 cm³/mol. The van der Waals surface area contributed by atoms with E-state index in [1.807, 2.05) is 0 Å². The third-order valence-corrected chi connectivity index (χ3v) is 8.50. The normalized spacial score (nSPS) is 12.6. The Balaban J connectivity index is -0.0000000960. The van der Waals surface area contributed by atoms with E-state index in [2.05, 4.69) is 8.52 Å². The number of hydrogen-bond acceptors (Lipinski definition) is 21. The van der Waals surface area contributed by atoms with Crippen molar-refractivity contribution in [2.24, 2.45) is 0 Å². The fourth-order valence-corrected chi connectivity index (χ4v) is 5.21. The molecule has 0 aromatic carbocycles. The summed E-state index contributed by atoms with van der Waals surface area (Å²) < 4.78 is 177. The van der Waals surface area contributed by atoms with Gasteiger partial charge in [-0.3, -0.25) is 0 Å². The Morgan fingerprint density at radius 3 is 0.379 bits per heavy atom. The predicted octanol–water partition coefficient (Wildman–Crippen LogP) is -8.78. The molecule has 29 heteroatoms. The third kappa shape index (κ3) is 59.1. The SMILES string of the molecule is [Dy+3].[Dy+3].[O]=[Cr](=[O])([O-])[O][Cr](=[O])(=[O])[O-].[O]=[Cr](=[O])([O-])[O][Cr](=[O])(=[O])[O-].[O]=[Cr](=[O])([O-])[O][Cr](=[O])(=[O])[O-]. The monoisotopic (exact) mass is 975 g/mol. The Kier molecular flexibility index (Phi) is 23.0. The summed E-state index contributed by atoms with van der Waals surface area (Å²) in [5, 5.41) is 0. The molecule has 0 unspecified atom stereocenters. The fraction of sp³-hybridized carbons (Fsp3) is 0. The van der Waals surface area contributed by atoms with Crippen LogP contribution < -0.4 is 24.9 Å². The summed E-state index contributed by atoms with van der Waals surface area (Å²) in [6, 6.07) is 0. The zero-order valence-corrected chi connectivity index (χ0v) is 23.4. The molecule has 0 bridgehead atoms. The van der Waals surface area contributed by atoms with Crippen LogP contribution in [0.2, 0.25) is 0 Å². The molecule has 0 amide bonds. The van der Waals surface area contributed by atoms with Crippen LogP contribution in [-0.4, -0.2) is 0 Å². The van der Waals surface area contributed by atoms with Crippen molar-refractivity contribution in [3.63, 3.8) is 0 Å². The van der Waals surface area contributed by atoms with Gasteiger partial charge < -0.3 is 0 Å². The molecule has 0 saturated heterocycles. The van der Waals surface area contributed by atoms with Gasteiger partial charge in [-0.25, -0.2) is 0 Å². The zero-order chi connectivity index (χ0) is 23.1. The molecule has 29 heavy (non-hydrogen) atoms. The zero-order valence-electron chi connectivity index (χ0n) is 11.7. The second-order valence-corrected chi connectivity index (χ2v) is 13.6. The van der Waals surface area contributed by atoms with Gasteiger partial charge in [-0.2, -0.15) is 0 Å². The van der Waals surface area contributed by atoms with Crippen molar-refractivity contribution in [3.05, 3.63) is 0 Å². The van der Waals surface area contributed by atoms with E-state index in [0.717, 1.165) is 0 Å². The van der Waals surface area contributed by atoms with Crippen molar-refractivity contribution in [1.29, 1.82) is 0 Å². The minimum absolute atomic E-state index is 0. The Hall–Kier alpha value is 2.98. The van der Waals surface area contributed by atoms with Gasteiger partial charge in [0.25, 0.3) is 0 Å². The molecular formula is Cr6Dy2O21. The summed E-state index contributed by atoms with van der Waals surface area (Å²) in [6.07, 6.45) is 0. The van der Waals surface area contributed by atoms with Crippen molar-refractivity contribution >= 4 is 0 Å². The third-order valence-electron chi connectivity index (χ3n) is 0.500. The van der Waals surface area contributed by atoms with Crippen molar-refractivity contribution < 1.29 is 237 Å². The number of rotatable bonds is 6. The van der Waals surface area contributed by atoms with Crippen LogP contribution in [0, 0.1) is 76.3 Å². The molecule has 21 nitrogen and oxygen atoms in total. The second kappa shape index (κ2) is 15.8. The van der Waals surface area contributed by atoms with Gasteiger partial charge in [-0.1, -0.05) is 0 Å². The minimum atomic E-state index is -6.07. The molecule has 0 aromatic heterocycles. The maximum atomic E-state index is 9.38. The van der Waals surface area contributed by atoms with E-state index in [-0.39, 0.29) is 76.3 Å². The Bertz CT molecular complexity index is 854. The van der Waals surface area contributed by atoms with Gasteiger partial charge in [0.15, 0.2) is 0 Å².